The summed E-state index contributed by atoms with van der Waals surface area (Å²) in [5, 5.41) is 10.4. The van der Waals surface area contributed by atoms with Gasteiger partial charge in [0.1, 0.15) is 5.69 Å². The van der Waals surface area contributed by atoms with Crippen LogP contribution in [0.15, 0.2) is 51.9 Å². The topological polar surface area (TPSA) is 111 Å². The number of halogens is 2. The van der Waals surface area contributed by atoms with E-state index in [9.17, 15) is 17.2 Å². The molecule has 35 heavy (non-hydrogen) atoms. The van der Waals surface area contributed by atoms with Gasteiger partial charge in [-0.15, -0.1) is 21.5 Å². The molecular formula is C23H27F2N5O3S2. The summed E-state index contributed by atoms with van der Waals surface area (Å²) in [7, 11) is -3.37. The van der Waals surface area contributed by atoms with Crippen LogP contribution in [0.2, 0.25) is 0 Å². The van der Waals surface area contributed by atoms with Gasteiger partial charge in [-0.2, -0.15) is 0 Å². The maximum absolute atomic E-state index is 12.4. The minimum absolute atomic E-state index is 0. The molecule has 0 spiro atoms. The molecule has 3 aromatic heterocycles. The summed E-state index contributed by atoms with van der Waals surface area (Å²) in [5.74, 6) is 0.483. The van der Waals surface area contributed by atoms with Gasteiger partial charge in [0.15, 0.2) is 9.84 Å². The minimum atomic E-state index is -3.37. The molecule has 0 amide bonds. The summed E-state index contributed by atoms with van der Waals surface area (Å²) in [4.78, 5) is 10.8. The van der Waals surface area contributed by atoms with Crippen molar-refractivity contribution in [1.82, 2.24) is 25.5 Å². The highest BCUT2D eigenvalue weighted by atomic mass is 32.2. The maximum atomic E-state index is 12.4. The standard InChI is InChI=1S/C23H23F2N5O3S2.2H2/c1-13(2)35(31,32)17-7-4-15(5-8-17)18-11-27-14(3)21(28-18)23-30-29-22(33-23)19-9-6-16(34-19)10-26-12-20(24)25;;/h4-9,11,13,20,26H,10,12H2,1-3H3;2*1H. The van der Waals surface area contributed by atoms with E-state index in [0.29, 0.717) is 40.0 Å². The molecule has 4 aromatic rings. The monoisotopic (exact) mass is 523 g/mol. The van der Waals surface area contributed by atoms with Crippen molar-refractivity contribution in [2.45, 2.75) is 43.9 Å². The van der Waals surface area contributed by atoms with Gasteiger partial charge in [-0.1, -0.05) is 12.1 Å². The second-order valence-corrected chi connectivity index (χ2v) is 11.7. The molecule has 0 fully saturated rings. The Balaban J connectivity index is 0.00000241. The van der Waals surface area contributed by atoms with Crippen LogP contribution in [0.4, 0.5) is 8.78 Å². The predicted molar refractivity (Wildman–Crippen MR) is 133 cm³/mol. The van der Waals surface area contributed by atoms with Gasteiger partial charge in [-0.25, -0.2) is 22.2 Å². The van der Waals surface area contributed by atoms with Gasteiger partial charge in [-0.05, 0) is 45.0 Å². The molecule has 0 aliphatic carbocycles. The Labute approximate surface area is 208 Å². The SMILES string of the molecule is Cc1ncc(-c2ccc(S(=O)(=O)C(C)C)cc2)nc1-c1nnc(-c2ccc(CNCC(F)F)s2)o1.[HH].[HH]. The van der Waals surface area contributed by atoms with Gasteiger partial charge in [0.25, 0.3) is 18.2 Å². The van der Waals surface area contributed by atoms with E-state index in [4.69, 9.17) is 4.42 Å². The van der Waals surface area contributed by atoms with E-state index >= 15 is 0 Å². The lowest BCUT2D eigenvalue weighted by Gasteiger charge is -2.09. The van der Waals surface area contributed by atoms with Crippen LogP contribution in [0, 0.1) is 6.92 Å². The third-order valence-electron chi connectivity index (χ3n) is 5.15. The van der Waals surface area contributed by atoms with Gasteiger partial charge in [0, 0.05) is 19.8 Å². The number of alkyl halides is 2. The van der Waals surface area contributed by atoms with Crippen molar-refractivity contribution in [2.24, 2.45) is 0 Å². The van der Waals surface area contributed by atoms with Crippen LogP contribution in [0.3, 0.4) is 0 Å². The Kier molecular flexibility index (Phi) is 7.33. The Morgan fingerprint density at radius 1 is 1.09 bits per heavy atom. The Bertz CT molecular complexity index is 1430. The number of sulfone groups is 1. The first kappa shape index (κ1) is 25.0. The Morgan fingerprint density at radius 3 is 2.49 bits per heavy atom. The zero-order valence-corrected chi connectivity index (χ0v) is 20.8. The molecule has 0 saturated carbocycles. The van der Waals surface area contributed by atoms with E-state index < -0.39 is 21.5 Å². The fourth-order valence-corrected chi connectivity index (χ4v) is 5.15. The van der Waals surface area contributed by atoms with Crippen LogP contribution in [-0.4, -0.2) is 46.8 Å². The molecule has 0 aliphatic heterocycles. The third kappa shape index (κ3) is 5.60. The van der Waals surface area contributed by atoms with Gasteiger partial charge >= 0.3 is 0 Å². The van der Waals surface area contributed by atoms with Crippen molar-refractivity contribution in [1.29, 1.82) is 0 Å². The molecule has 188 valence electrons. The zero-order chi connectivity index (χ0) is 25.2. The second-order valence-electron chi connectivity index (χ2n) is 8.01. The lowest BCUT2D eigenvalue weighted by Crippen LogP contribution is -2.19. The summed E-state index contributed by atoms with van der Waals surface area (Å²) in [5.41, 5.74) is 2.23. The highest BCUT2D eigenvalue weighted by Crippen LogP contribution is 2.31. The number of thiophene rings is 1. The average Bonchev–Trinajstić information content (AvgIpc) is 3.49. The Morgan fingerprint density at radius 2 is 1.80 bits per heavy atom. The largest absolute Gasteiger partial charge is 0.414 e. The van der Waals surface area contributed by atoms with Crippen molar-refractivity contribution in [3.63, 3.8) is 0 Å². The lowest BCUT2D eigenvalue weighted by molar-refractivity contribution is 0.145. The molecule has 1 N–H and O–H groups in total. The second kappa shape index (κ2) is 10.3. The maximum Gasteiger partial charge on any atom is 0.268 e. The highest BCUT2D eigenvalue weighted by Gasteiger charge is 2.20. The van der Waals surface area contributed by atoms with Crippen molar-refractivity contribution >= 4 is 21.2 Å². The van der Waals surface area contributed by atoms with E-state index in [-0.39, 0.29) is 20.2 Å². The van der Waals surface area contributed by atoms with E-state index in [1.165, 1.54) is 11.3 Å². The zero-order valence-electron chi connectivity index (χ0n) is 19.2. The molecule has 0 radical (unpaired) electrons. The van der Waals surface area contributed by atoms with Crippen molar-refractivity contribution < 1.29 is 24.5 Å². The summed E-state index contributed by atoms with van der Waals surface area (Å²) in [6, 6.07) is 10.1. The molecule has 8 nitrogen and oxygen atoms in total. The first-order chi connectivity index (χ1) is 16.6. The predicted octanol–water partition coefficient (Wildman–Crippen LogP) is 5.26. The molecular weight excluding hydrogens is 496 g/mol. The highest BCUT2D eigenvalue weighted by molar-refractivity contribution is 7.92. The van der Waals surface area contributed by atoms with Crippen LogP contribution in [0.25, 0.3) is 33.6 Å². The van der Waals surface area contributed by atoms with Crippen LogP contribution in [-0.2, 0) is 16.4 Å². The number of aromatic nitrogens is 4. The van der Waals surface area contributed by atoms with Crippen LogP contribution in [0.5, 0.6) is 0 Å². The first-order valence-electron chi connectivity index (χ1n) is 10.7. The molecule has 0 unspecified atom stereocenters. The van der Waals surface area contributed by atoms with Crippen LogP contribution < -0.4 is 5.32 Å². The number of benzene rings is 1. The molecule has 4 rings (SSSR count). The number of nitrogens with one attached hydrogen (secondary N) is 1. The molecule has 0 bridgehead atoms. The average molecular weight is 524 g/mol. The summed E-state index contributed by atoms with van der Waals surface area (Å²) < 4.78 is 55.2. The number of hydrogen-bond donors (Lipinski definition) is 1. The van der Waals surface area contributed by atoms with Crippen LogP contribution in [0.1, 0.15) is 27.3 Å². The van der Waals surface area contributed by atoms with Crippen molar-refractivity contribution in [3.8, 4) is 33.6 Å². The third-order valence-corrected chi connectivity index (χ3v) is 8.40. The summed E-state index contributed by atoms with van der Waals surface area (Å²) in [6.45, 7) is 5.00. The van der Waals surface area contributed by atoms with Gasteiger partial charge in [-0.3, -0.25) is 4.98 Å². The normalized spacial score (nSPS) is 12.1. The molecule has 0 atom stereocenters. The Hall–Kier alpha value is -3.09. The first-order valence-corrected chi connectivity index (χ1v) is 13.1. The number of rotatable bonds is 9. The number of hydrogen-bond acceptors (Lipinski definition) is 9. The fourth-order valence-electron chi connectivity index (χ4n) is 3.19. The molecule has 0 aliphatic rings. The molecule has 0 saturated heterocycles. The van der Waals surface area contributed by atoms with Gasteiger partial charge < -0.3 is 9.73 Å². The van der Waals surface area contributed by atoms with Crippen LogP contribution >= 0.6 is 11.3 Å². The molecule has 3 heterocycles. The minimum Gasteiger partial charge on any atom is -0.414 e. The smallest absolute Gasteiger partial charge is 0.268 e. The van der Waals surface area contributed by atoms with E-state index in [0.717, 1.165) is 4.88 Å². The van der Waals surface area contributed by atoms with Gasteiger partial charge in [0.05, 0.1) is 39.2 Å². The van der Waals surface area contributed by atoms with E-state index in [1.54, 1.807) is 57.3 Å². The van der Waals surface area contributed by atoms with Gasteiger partial charge in [0.2, 0.25) is 0 Å². The summed E-state index contributed by atoms with van der Waals surface area (Å²) >= 11 is 1.37. The molecule has 12 heteroatoms. The number of aryl methyl sites for hydroxylation is 1. The molecule has 1 aromatic carbocycles. The summed E-state index contributed by atoms with van der Waals surface area (Å²) in [6.07, 6.45) is -0.806. The fraction of sp³-hybridized carbons (Fsp3) is 0.304. The van der Waals surface area contributed by atoms with Crippen molar-refractivity contribution in [3.05, 3.63) is 53.2 Å². The van der Waals surface area contributed by atoms with Crippen molar-refractivity contribution in [2.75, 3.05) is 6.54 Å². The number of nitrogens with zero attached hydrogens (tertiary/aromatic N) is 4. The lowest BCUT2D eigenvalue weighted by atomic mass is 10.1. The quantitative estimate of drug-likeness (QED) is 0.316. The van der Waals surface area contributed by atoms with E-state index in [1.807, 2.05) is 6.07 Å². The van der Waals surface area contributed by atoms with E-state index in [2.05, 4.69) is 25.5 Å².